The zero-order valence-electron chi connectivity index (χ0n) is 13.7. The highest BCUT2D eigenvalue weighted by Gasteiger charge is 2.30. The number of nitrogens with zero attached hydrogens (tertiary/aromatic N) is 2. The van der Waals surface area contributed by atoms with Crippen LogP contribution in [0.1, 0.15) is 0 Å². The molecular weight excluding hydrogens is 323 g/mol. The van der Waals surface area contributed by atoms with Gasteiger partial charge in [-0.15, -0.1) is 8.50 Å². The Morgan fingerprint density at radius 2 is 1.32 bits per heavy atom. The van der Waals surface area contributed by atoms with Gasteiger partial charge in [-0.05, 0) is 36.4 Å². The van der Waals surface area contributed by atoms with E-state index in [1.54, 1.807) is 0 Å². The molecule has 0 fully saturated rings. The summed E-state index contributed by atoms with van der Waals surface area (Å²) in [5.41, 5.74) is 3.78. The number of pyridine rings is 2. The summed E-state index contributed by atoms with van der Waals surface area (Å²) in [7, 11) is -0.683. The molecular formula is C22H17N2P+2. The van der Waals surface area contributed by atoms with Crippen LogP contribution in [0.3, 0.4) is 0 Å². The van der Waals surface area contributed by atoms with Crippen molar-refractivity contribution in [3.8, 4) is 11.3 Å². The van der Waals surface area contributed by atoms with Crippen molar-refractivity contribution in [1.82, 2.24) is 0 Å². The molecule has 5 rings (SSSR count). The molecule has 5 aromatic rings. The Morgan fingerprint density at radius 1 is 0.600 bits per heavy atom. The van der Waals surface area contributed by atoms with E-state index in [-0.39, 0.29) is 0 Å². The SMILES string of the molecule is c1ccc(-c2cccc[n+]2-p2c3ccccc3c3cccc[n+]32)cc1. The van der Waals surface area contributed by atoms with Gasteiger partial charge in [0.25, 0.3) is 0 Å². The largest absolute Gasteiger partial charge is 0.448 e. The number of benzene rings is 2. The smallest absolute Gasteiger partial charge is 0.102 e. The molecule has 1 unspecified atom stereocenters. The van der Waals surface area contributed by atoms with E-state index in [4.69, 9.17) is 0 Å². The van der Waals surface area contributed by atoms with Crippen LogP contribution in [0.4, 0.5) is 0 Å². The standard InChI is InChI=1S/C22H17N2P/c1-2-10-18(11-3-1)20-13-6-8-16-23(20)25-22-15-5-4-12-19(22)21-14-7-9-17-24(21)25/h1-17H/q+2. The Morgan fingerprint density at radius 3 is 2.24 bits per heavy atom. The molecule has 118 valence electrons. The van der Waals surface area contributed by atoms with E-state index in [1.807, 2.05) is 0 Å². The van der Waals surface area contributed by atoms with Crippen molar-refractivity contribution < 1.29 is 8.50 Å². The fraction of sp³-hybridized carbons (Fsp3) is 0. The van der Waals surface area contributed by atoms with E-state index in [1.165, 1.54) is 27.3 Å². The number of fused-ring (bicyclic) bond motifs is 3. The minimum Gasteiger partial charge on any atom is -0.102 e. The fourth-order valence-electron chi connectivity index (χ4n) is 3.45. The summed E-state index contributed by atoms with van der Waals surface area (Å²) in [6.45, 7) is 0. The molecule has 0 aliphatic heterocycles. The van der Waals surface area contributed by atoms with Crippen molar-refractivity contribution in [2.24, 2.45) is 0 Å². The lowest BCUT2D eigenvalue weighted by Gasteiger charge is -2.00. The van der Waals surface area contributed by atoms with E-state index in [9.17, 15) is 0 Å². The first-order chi connectivity index (χ1) is 12.4. The van der Waals surface area contributed by atoms with Crippen LogP contribution < -0.4 is 8.50 Å². The second-order valence-corrected chi connectivity index (χ2v) is 7.96. The second kappa shape index (κ2) is 5.84. The van der Waals surface area contributed by atoms with Crippen molar-refractivity contribution in [2.45, 2.75) is 0 Å². The van der Waals surface area contributed by atoms with Crippen LogP contribution in [0.15, 0.2) is 103 Å². The minimum atomic E-state index is -0.683. The molecule has 0 saturated carbocycles. The maximum atomic E-state index is 2.43. The molecule has 0 spiro atoms. The number of hydrogen-bond donors (Lipinski definition) is 0. The highest BCUT2D eigenvalue weighted by Crippen LogP contribution is 2.34. The predicted molar refractivity (Wildman–Crippen MR) is 103 cm³/mol. The maximum Gasteiger partial charge on any atom is 0.448 e. The van der Waals surface area contributed by atoms with Gasteiger partial charge < -0.3 is 0 Å². The first-order valence-corrected chi connectivity index (χ1v) is 9.65. The first-order valence-electron chi connectivity index (χ1n) is 8.40. The summed E-state index contributed by atoms with van der Waals surface area (Å²) in [6, 6.07) is 32.3. The van der Waals surface area contributed by atoms with Crippen LogP contribution >= 0.6 is 7.84 Å². The summed E-state index contributed by atoms with van der Waals surface area (Å²) in [6.07, 6.45) is 4.41. The van der Waals surface area contributed by atoms with Gasteiger partial charge in [-0.3, -0.25) is 0 Å². The molecule has 25 heavy (non-hydrogen) atoms. The summed E-state index contributed by atoms with van der Waals surface area (Å²) in [4.78, 5) is 0. The van der Waals surface area contributed by atoms with Crippen molar-refractivity contribution in [2.75, 3.05) is 0 Å². The first kappa shape index (κ1) is 14.4. The number of aromatic nitrogens is 2. The van der Waals surface area contributed by atoms with Gasteiger partial charge in [-0.25, -0.2) is 0 Å². The average Bonchev–Trinajstić information content (AvgIpc) is 3.03. The van der Waals surface area contributed by atoms with Crippen LogP contribution in [-0.4, -0.2) is 0 Å². The van der Waals surface area contributed by atoms with Gasteiger partial charge in [0.15, 0.2) is 12.4 Å². The molecule has 0 N–H and O–H groups in total. The van der Waals surface area contributed by atoms with Crippen LogP contribution in [0, 0.1) is 0 Å². The van der Waals surface area contributed by atoms with Crippen molar-refractivity contribution in [3.63, 3.8) is 0 Å². The maximum absolute atomic E-state index is 2.43. The zero-order valence-corrected chi connectivity index (χ0v) is 14.6. The monoisotopic (exact) mass is 340 g/mol. The fourth-order valence-corrected chi connectivity index (χ4v) is 5.92. The third kappa shape index (κ3) is 2.26. The molecule has 0 radical (unpaired) electrons. The van der Waals surface area contributed by atoms with Crippen molar-refractivity contribution >= 4 is 23.9 Å². The summed E-state index contributed by atoms with van der Waals surface area (Å²) in [5, 5.41) is 2.74. The minimum absolute atomic E-state index is 0.683. The van der Waals surface area contributed by atoms with Gasteiger partial charge in [0.2, 0.25) is 11.2 Å². The Bertz CT molecular complexity index is 1140. The summed E-state index contributed by atoms with van der Waals surface area (Å²) < 4.78 is 4.85. The van der Waals surface area contributed by atoms with Crippen LogP contribution in [0.5, 0.6) is 0 Å². The Kier molecular flexibility index (Phi) is 3.36. The Balaban J connectivity index is 1.92. The summed E-state index contributed by atoms with van der Waals surface area (Å²) in [5.74, 6) is 0. The van der Waals surface area contributed by atoms with E-state index in [2.05, 4.69) is 112 Å². The van der Waals surface area contributed by atoms with Crippen LogP contribution in [-0.2, 0) is 0 Å². The molecule has 1 atom stereocenters. The lowest BCUT2D eigenvalue weighted by atomic mass is 10.1. The number of rotatable bonds is 2. The average molecular weight is 340 g/mol. The molecule has 0 aliphatic carbocycles. The summed E-state index contributed by atoms with van der Waals surface area (Å²) >= 11 is 0. The van der Waals surface area contributed by atoms with Gasteiger partial charge in [-0.1, -0.05) is 30.3 Å². The third-order valence-corrected chi connectivity index (χ3v) is 6.89. The normalized spacial score (nSPS) is 11.9. The number of hydrogen-bond acceptors (Lipinski definition) is 0. The van der Waals surface area contributed by atoms with Gasteiger partial charge in [0, 0.05) is 29.8 Å². The van der Waals surface area contributed by atoms with Gasteiger partial charge in [-0.2, -0.15) is 0 Å². The van der Waals surface area contributed by atoms with Crippen LogP contribution in [0.25, 0.3) is 27.3 Å². The second-order valence-electron chi connectivity index (χ2n) is 6.03. The molecule has 2 aromatic carbocycles. The van der Waals surface area contributed by atoms with Gasteiger partial charge in [0.1, 0.15) is 5.12 Å². The molecule has 0 saturated heterocycles. The molecule has 2 nitrogen and oxygen atoms in total. The molecule has 0 aliphatic rings. The Labute approximate surface area is 147 Å². The Hall–Kier alpha value is -2.96. The van der Waals surface area contributed by atoms with Crippen LogP contribution in [0.2, 0.25) is 0 Å². The van der Waals surface area contributed by atoms with E-state index in [0.29, 0.717) is 0 Å². The highest BCUT2D eigenvalue weighted by molar-refractivity contribution is 7.42. The van der Waals surface area contributed by atoms with E-state index >= 15 is 0 Å². The van der Waals surface area contributed by atoms with Gasteiger partial charge in [0.05, 0.1) is 5.39 Å². The predicted octanol–water partition coefficient (Wildman–Crippen LogP) is 4.83. The van der Waals surface area contributed by atoms with E-state index in [0.717, 1.165) is 0 Å². The molecule has 0 bridgehead atoms. The molecule has 3 heterocycles. The quantitative estimate of drug-likeness (QED) is 0.435. The van der Waals surface area contributed by atoms with E-state index < -0.39 is 7.84 Å². The molecule has 3 heteroatoms. The lowest BCUT2D eigenvalue weighted by Crippen LogP contribution is -2.34. The van der Waals surface area contributed by atoms with Crippen molar-refractivity contribution in [1.29, 1.82) is 0 Å². The highest BCUT2D eigenvalue weighted by atomic mass is 31.1. The molecule has 0 amide bonds. The molecule has 3 aromatic heterocycles. The topological polar surface area (TPSA) is 7.98 Å². The third-order valence-electron chi connectivity index (χ3n) is 4.55. The lowest BCUT2D eigenvalue weighted by molar-refractivity contribution is -0.562. The zero-order chi connectivity index (χ0) is 16.6. The van der Waals surface area contributed by atoms with Gasteiger partial charge >= 0.3 is 7.84 Å². The van der Waals surface area contributed by atoms with Crippen molar-refractivity contribution in [3.05, 3.63) is 103 Å².